The van der Waals surface area contributed by atoms with Crippen LogP contribution in [0.4, 0.5) is 0 Å². The van der Waals surface area contributed by atoms with Crippen molar-refractivity contribution in [2.24, 2.45) is 5.92 Å². The Bertz CT molecular complexity index is 882. The van der Waals surface area contributed by atoms with E-state index in [2.05, 4.69) is 5.32 Å². The summed E-state index contributed by atoms with van der Waals surface area (Å²) in [5.74, 6) is 0.00721. The van der Waals surface area contributed by atoms with Crippen molar-refractivity contribution in [1.29, 1.82) is 0 Å². The standard InChI is InChI=1S/C20H28ClN3O4S/c1-14-4-3-9-24(13-14)29(27,28)19-12-16(5-6-18(19)21)20(26)23-10-7-17(8-11-23)22-15(2)25/h5-6,12,14,17H,3-4,7-11,13H2,1-2H3,(H,22,25). The van der Waals surface area contributed by atoms with Crippen LogP contribution in [0.1, 0.15) is 49.9 Å². The summed E-state index contributed by atoms with van der Waals surface area (Å²) < 4.78 is 27.7. The highest BCUT2D eigenvalue weighted by molar-refractivity contribution is 7.89. The molecule has 7 nitrogen and oxygen atoms in total. The third-order valence-corrected chi connectivity index (χ3v) is 7.95. The van der Waals surface area contributed by atoms with Crippen molar-refractivity contribution < 1.29 is 18.0 Å². The van der Waals surface area contributed by atoms with E-state index in [1.165, 1.54) is 23.4 Å². The van der Waals surface area contributed by atoms with Gasteiger partial charge in [0.15, 0.2) is 0 Å². The molecule has 1 aromatic rings. The molecule has 2 fully saturated rings. The van der Waals surface area contributed by atoms with Crippen LogP contribution in [0.25, 0.3) is 0 Å². The summed E-state index contributed by atoms with van der Waals surface area (Å²) in [5.41, 5.74) is 0.316. The molecule has 1 N–H and O–H groups in total. The third kappa shape index (κ3) is 5.10. The lowest BCUT2D eigenvalue weighted by atomic mass is 10.0. The average molecular weight is 442 g/mol. The number of sulfonamides is 1. The molecule has 0 saturated carbocycles. The molecule has 0 spiro atoms. The first-order chi connectivity index (χ1) is 13.7. The molecule has 2 heterocycles. The van der Waals surface area contributed by atoms with Gasteiger partial charge < -0.3 is 10.2 Å². The Morgan fingerprint density at radius 3 is 2.45 bits per heavy atom. The molecule has 2 aliphatic rings. The van der Waals surface area contributed by atoms with E-state index in [0.717, 1.165) is 12.8 Å². The molecule has 2 amide bonds. The minimum absolute atomic E-state index is 0.00718. The van der Waals surface area contributed by atoms with Crippen molar-refractivity contribution in [3.63, 3.8) is 0 Å². The number of piperidine rings is 2. The second-order valence-corrected chi connectivity index (χ2v) is 10.3. The van der Waals surface area contributed by atoms with E-state index >= 15 is 0 Å². The molecule has 0 aromatic heterocycles. The van der Waals surface area contributed by atoms with Crippen LogP contribution in [0.3, 0.4) is 0 Å². The van der Waals surface area contributed by atoms with Crippen LogP contribution in [0, 0.1) is 5.92 Å². The molecule has 3 rings (SSSR count). The molecule has 0 aliphatic carbocycles. The lowest BCUT2D eigenvalue weighted by Crippen LogP contribution is -2.46. The van der Waals surface area contributed by atoms with E-state index in [0.29, 0.717) is 50.5 Å². The highest BCUT2D eigenvalue weighted by Gasteiger charge is 2.32. The number of nitrogens with one attached hydrogen (secondary N) is 1. The predicted molar refractivity (Wildman–Crippen MR) is 111 cm³/mol. The van der Waals surface area contributed by atoms with Gasteiger partial charge in [0, 0.05) is 44.7 Å². The molecule has 2 saturated heterocycles. The second kappa shape index (κ2) is 9.02. The monoisotopic (exact) mass is 441 g/mol. The van der Waals surface area contributed by atoms with Gasteiger partial charge in [-0.25, -0.2) is 8.42 Å². The van der Waals surface area contributed by atoms with Crippen LogP contribution >= 0.6 is 11.6 Å². The molecular formula is C20H28ClN3O4S. The first-order valence-corrected chi connectivity index (χ1v) is 11.9. The molecule has 9 heteroatoms. The zero-order chi connectivity index (χ0) is 21.2. The van der Waals surface area contributed by atoms with Crippen molar-refractivity contribution in [2.45, 2.75) is 50.5 Å². The number of benzene rings is 1. The maximum absolute atomic E-state index is 13.1. The Labute approximate surface area is 177 Å². The lowest BCUT2D eigenvalue weighted by Gasteiger charge is -2.32. The van der Waals surface area contributed by atoms with Crippen molar-refractivity contribution >= 4 is 33.4 Å². The van der Waals surface area contributed by atoms with Gasteiger partial charge in [-0.1, -0.05) is 18.5 Å². The fraction of sp³-hybridized carbons (Fsp3) is 0.600. The van der Waals surface area contributed by atoms with Crippen LogP contribution in [-0.2, 0) is 14.8 Å². The molecule has 1 unspecified atom stereocenters. The Morgan fingerprint density at radius 1 is 1.14 bits per heavy atom. The summed E-state index contributed by atoms with van der Waals surface area (Å²) in [4.78, 5) is 25.8. The van der Waals surface area contributed by atoms with E-state index in [4.69, 9.17) is 11.6 Å². The van der Waals surface area contributed by atoms with E-state index < -0.39 is 10.0 Å². The fourth-order valence-electron chi connectivity index (χ4n) is 4.03. The topological polar surface area (TPSA) is 86.8 Å². The minimum atomic E-state index is -3.75. The SMILES string of the molecule is CC(=O)NC1CCN(C(=O)c2ccc(Cl)c(S(=O)(=O)N3CCCC(C)C3)c2)CC1. The minimum Gasteiger partial charge on any atom is -0.353 e. The predicted octanol–water partition coefficient (Wildman–Crippen LogP) is 2.50. The van der Waals surface area contributed by atoms with Crippen LogP contribution < -0.4 is 5.32 Å². The van der Waals surface area contributed by atoms with Gasteiger partial charge in [-0.15, -0.1) is 0 Å². The highest BCUT2D eigenvalue weighted by Crippen LogP contribution is 2.29. The summed E-state index contributed by atoms with van der Waals surface area (Å²) in [7, 11) is -3.75. The third-order valence-electron chi connectivity index (χ3n) is 5.61. The number of amides is 2. The van der Waals surface area contributed by atoms with E-state index in [1.54, 1.807) is 11.0 Å². The molecule has 0 bridgehead atoms. The van der Waals surface area contributed by atoms with Gasteiger partial charge in [0.25, 0.3) is 5.91 Å². The van der Waals surface area contributed by atoms with Crippen LogP contribution in [-0.4, -0.2) is 61.7 Å². The number of hydrogen-bond acceptors (Lipinski definition) is 4. The van der Waals surface area contributed by atoms with Crippen molar-refractivity contribution in [1.82, 2.24) is 14.5 Å². The van der Waals surface area contributed by atoms with Crippen molar-refractivity contribution in [3.05, 3.63) is 28.8 Å². The zero-order valence-corrected chi connectivity index (χ0v) is 18.4. The number of halogens is 1. The van der Waals surface area contributed by atoms with Crippen LogP contribution in [0.5, 0.6) is 0 Å². The zero-order valence-electron chi connectivity index (χ0n) is 16.9. The Balaban J connectivity index is 1.77. The van der Waals surface area contributed by atoms with E-state index in [-0.39, 0.29) is 27.8 Å². The van der Waals surface area contributed by atoms with Gasteiger partial charge in [-0.05, 0) is 49.8 Å². The average Bonchev–Trinajstić information content (AvgIpc) is 2.68. The van der Waals surface area contributed by atoms with Gasteiger partial charge in [-0.3, -0.25) is 9.59 Å². The summed E-state index contributed by atoms with van der Waals surface area (Å²) in [6.07, 6.45) is 3.18. The van der Waals surface area contributed by atoms with Gasteiger partial charge in [-0.2, -0.15) is 4.31 Å². The number of hydrogen-bond donors (Lipinski definition) is 1. The molecule has 2 aliphatic heterocycles. The number of likely N-dealkylation sites (tertiary alicyclic amines) is 1. The number of nitrogens with zero attached hydrogens (tertiary/aromatic N) is 2. The Kier molecular flexibility index (Phi) is 6.86. The number of rotatable bonds is 4. The largest absolute Gasteiger partial charge is 0.353 e. The Hall–Kier alpha value is -1.64. The summed E-state index contributed by atoms with van der Waals surface area (Å²) in [5, 5.41) is 3.01. The smallest absolute Gasteiger partial charge is 0.253 e. The van der Waals surface area contributed by atoms with Gasteiger partial charge in [0.1, 0.15) is 4.90 Å². The quantitative estimate of drug-likeness (QED) is 0.777. The Morgan fingerprint density at radius 2 is 1.83 bits per heavy atom. The maximum atomic E-state index is 13.1. The number of carbonyl (C=O) groups is 2. The normalized spacial score (nSPS) is 21.8. The second-order valence-electron chi connectivity index (χ2n) is 8.02. The van der Waals surface area contributed by atoms with Gasteiger partial charge >= 0.3 is 0 Å². The van der Waals surface area contributed by atoms with Crippen molar-refractivity contribution in [3.8, 4) is 0 Å². The first kappa shape index (κ1) is 22.1. The number of carbonyl (C=O) groups excluding carboxylic acids is 2. The summed E-state index contributed by atoms with van der Waals surface area (Å²) in [6, 6.07) is 4.53. The van der Waals surface area contributed by atoms with E-state index in [1.807, 2.05) is 6.92 Å². The molecular weight excluding hydrogens is 414 g/mol. The fourth-order valence-corrected chi connectivity index (χ4v) is 6.13. The molecule has 29 heavy (non-hydrogen) atoms. The van der Waals surface area contributed by atoms with Crippen LogP contribution in [0.15, 0.2) is 23.1 Å². The molecule has 160 valence electrons. The summed E-state index contributed by atoms with van der Waals surface area (Å²) in [6.45, 7) is 5.48. The van der Waals surface area contributed by atoms with E-state index in [9.17, 15) is 18.0 Å². The molecule has 0 radical (unpaired) electrons. The van der Waals surface area contributed by atoms with Crippen LogP contribution in [0.2, 0.25) is 5.02 Å². The van der Waals surface area contributed by atoms with Crippen molar-refractivity contribution in [2.75, 3.05) is 26.2 Å². The van der Waals surface area contributed by atoms with Gasteiger partial charge in [0.05, 0.1) is 5.02 Å². The lowest BCUT2D eigenvalue weighted by molar-refractivity contribution is -0.119. The highest BCUT2D eigenvalue weighted by atomic mass is 35.5. The summed E-state index contributed by atoms with van der Waals surface area (Å²) >= 11 is 6.22. The first-order valence-electron chi connectivity index (χ1n) is 10.0. The molecule has 1 atom stereocenters. The molecule has 1 aromatic carbocycles. The van der Waals surface area contributed by atoms with Gasteiger partial charge in [0.2, 0.25) is 15.9 Å². The maximum Gasteiger partial charge on any atom is 0.253 e.